The molecule has 9 heteroatoms. The highest BCUT2D eigenvalue weighted by Gasteiger charge is 2.39. The molecular weight excluding hydrogens is 423 g/mol. The fourth-order valence-corrected chi connectivity index (χ4v) is 4.67. The Kier molecular flexibility index (Phi) is 7.23. The molecule has 1 aliphatic carbocycles. The van der Waals surface area contributed by atoms with Crippen molar-refractivity contribution in [1.82, 2.24) is 14.7 Å². The molecule has 2 aromatic heterocycles. The van der Waals surface area contributed by atoms with E-state index in [1.807, 2.05) is 6.07 Å². The van der Waals surface area contributed by atoms with Gasteiger partial charge < -0.3 is 14.1 Å². The van der Waals surface area contributed by atoms with Gasteiger partial charge in [-0.25, -0.2) is 0 Å². The average Bonchev–Trinajstić information content (AvgIpc) is 3.52. The first-order valence-electron chi connectivity index (χ1n) is 11.5. The van der Waals surface area contributed by atoms with Crippen molar-refractivity contribution in [2.75, 3.05) is 13.2 Å². The molecule has 0 radical (unpaired) electrons. The minimum Gasteiger partial charge on any atom is -0.472 e. The molecule has 1 fully saturated rings. The van der Waals surface area contributed by atoms with E-state index in [-0.39, 0.29) is 12.0 Å². The number of alkyl halides is 3. The Balaban J connectivity index is 1.32. The van der Waals surface area contributed by atoms with Gasteiger partial charge in [0, 0.05) is 49.5 Å². The predicted molar refractivity (Wildman–Crippen MR) is 111 cm³/mol. The van der Waals surface area contributed by atoms with Gasteiger partial charge in [-0.05, 0) is 57.4 Å². The predicted octanol–water partition coefficient (Wildman–Crippen LogP) is 4.75. The number of furan rings is 1. The van der Waals surface area contributed by atoms with Crippen LogP contribution in [0.5, 0.6) is 0 Å². The summed E-state index contributed by atoms with van der Waals surface area (Å²) in [5, 5.41) is 3.90. The Labute approximate surface area is 185 Å². The number of hydrogen-bond donors (Lipinski definition) is 0. The molecule has 1 amide bonds. The van der Waals surface area contributed by atoms with Gasteiger partial charge in [0.25, 0.3) is 0 Å². The van der Waals surface area contributed by atoms with Crippen molar-refractivity contribution in [1.29, 1.82) is 0 Å². The number of ether oxygens (including phenoxy) is 1. The number of carbonyl (C=O) groups excluding carboxylic acids is 1. The smallest absolute Gasteiger partial charge is 0.435 e. The molecule has 1 unspecified atom stereocenters. The first-order chi connectivity index (χ1) is 15.4. The number of carbonyl (C=O) groups is 1. The number of hydrogen-bond acceptors (Lipinski definition) is 4. The van der Waals surface area contributed by atoms with Crippen molar-refractivity contribution in [2.24, 2.45) is 0 Å². The highest BCUT2D eigenvalue weighted by Crippen LogP contribution is 2.36. The largest absolute Gasteiger partial charge is 0.472 e. The first-order valence-corrected chi connectivity index (χ1v) is 11.5. The van der Waals surface area contributed by atoms with Gasteiger partial charge in [0.15, 0.2) is 5.69 Å². The summed E-state index contributed by atoms with van der Waals surface area (Å²) in [6.07, 6.45) is 5.10. The summed E-state index contributed by atoms with van der Waals surface area (Å²) >= 11 is 0. The third-order valence-electron chi connectivity index (χ3n) is 6.29. The Morgan fingerprint density at radius 1 is 1.22 bits per heavy atom. The van der Waals surface area contributed by atoms with Gasteiger partial charge in [0.2, 0.25) is 5.91 Å². The molecule has 2 aliphatic rings. The van der Waals surface area contributed by atoms with Crippen LogP contribution in [0.4, 0.5) is 13.2 Å². The van der Waals surface area contributed by atoms with E-state index in [4.69, 9.17) is 9.15 Å². The number of aromatic nitrogens is 2. The van der Waals surface area contributed by atoms with Crippen molar-refractivity contribution in [2.45, 2.75) is 83.2 Å². The number of rotatable bonds is 9. The van der Waals surface area contributed by atoms with Crippen molar-refractivity contribution >= 4 is 5.91 Å². The SMILES string of the molecule is O=C(CCCCn1nc(C(F)(F)F)c2c1CCCC2)N(Cc1ccoc1)CC1CCCO1. The van der Waals surface area contributed by atoms with Gasteiger partial charge in [-0.3, -0.25) is 9.48 Å². The zero-order valence-corrected chi connectivity index (χ0v) is 18.2. The molecule has 0 N–H and O–H groups in total. The summed E-state index contributed by atoms with van der Waals surface area (Å²) in [5.41, 5.74) is 1.28. The molecule has 176 valence electrons. The van der Waals surface area contributed by atoms with Crippen molar-refractivity contribution in [3.05, 3.63) is 41.1 Å². The third kappa shape index (κ3) is 5.54. The number of unbranched alkanes of at least 4 members (excludes halogenated alkanes) is 1. The minimum absolute atomic E-state index is 0.0279. The highest BCUT2D eigenvalue weighted by atomic mass is 19.4. The molecule has 1 aliphatic heterocycles. The lowest BCUT2D eigenvalue weighted by Crippen LogP contribution is -2.36. The molecule has 2 aromatic rings. The monoisotopic (exact) mass is 453 g/mol. The van der Waals surface area contributed by atoms with E-state index in [9.17, 15) is 18.0 Å². The molecule has 0 aromatic carbocycles. The van der Waals surface area contributed by atoms with Crippen LogP contribution in [0.1, 0.15) is 67.5 Å². The Morgan fingerprint density at radius 2 is 2.06 bits per heavy atom. The standard InChI is InChI=1S/C23H30F3N3O3/c24-23(25,26)22-19-7-1-2-8-20(19)29(27-22)11-4-3-9-21(30)28(14-17-10-13-31-16-17)15-18-6-5-12-32-18/h10,13,16,18H,1-9,11-12,14-15H2. The fourth-order valence-electron chi connectivity index (χ4n) is 4.67. The maximum absolute atomic E-state index is 13.4. The second kappa shape index (κ2) is 10.1. The summed E-state index contributed by atoms with van der Waals surface area (Å²) in [6.45, 7) is 2.15. The number of aryl methyl sites for hydroxylation is 1. The van der Waals surface area contributed by atoms with Crippen LogP contribution in [-0.2, 0) is 41.6 Å². The first kappa shape index (κ1) is 22.9. The molecule has 0 spiro atoms. The van der Waals surface area contributed by atoms with Gasteiger partial charge in [0.05, 0.1) is 18.6 Å². The topological polar surface area (TPSA) is 60.5 Å². The normalized spacial score (nSPS) is 18.7. The molecule has 32 heavy (non-hydrogen) atoms. The second-order valence-corrected chi connectivity index (χ2v) is 8.70. The molecule has 3 heterocycles. The minimum atomic E-state index is -4.42. The van der Waals surface area contributed by atoms with Crippen LogP contribution in [0, 0.1) is 0 Å². The van der Waals surface area contributed by atoms with Crippen LogP contribution < -0.4 is 0 Å². The van der Waals surface area contributed by atoms with E-state index < -0.39 is 11.9 Å². The van der Waals surface area contributed by atoms with Crippen molar-refractivity contribution < 1.29 is 27.1 Å². The summed E-state index contributed by atoms with van der Waals surface area (Å²) < 4.78 is 52.4. The highest BCUT2D eigenvalue weighted by molar-refractivity contribution is 5.76. The van der Waals surface area contributed by atoms with Crippen LogP contribution in [0.2, 0.25) is 0 Å². The maximum atomic E-state index is 13.4. The molecule has 0 bridgehead atoms. The average molecular weight is 454 g/mol. The van der Waals surface area contributed by atoms with E-state index in [0.717, 1.165) is 43.5 Å². The molecule has 1 saturated heterocycles. The maximum Gasteiger partial charge on any atom is 0.435 e. The molecule has 1 atom stereocenters. The fraction of sp³-hybridized carbons (Fsp3) is 0.652. The summed E-state index contributed by atoms with van der Waals surface area (Å²) in [6, 6.07) is 1.84. The number of nitrogens with zero attached hydrogens (tertiary/aromatic N) is 3. The quantitative estimate of drug-likeness (QED) is 0.514. The lowest BCUT2D eigenvalue weighted by molar-refractivity contribution is -0.142. The van der Waals surface area contributed by atoms with E-state index in [2.05, 4.69) is 5.10 Å². The second-order valence-electron chi connectivity index (χ2n) is 8.70. The lowest BCUT2D eigenvalue weighted by atomic mass is 9.95. The Hall–Kier alpha value is -2.29. The number of fused-ring (bicyclic) bond motifs is 1. The molecule has 0 saturated carbocycles. The summed E-state index contributed by atoms with van der Waals surface area (Å²) in [4.78, 5) is 14.7. The van der Waals surface area contributed by atoms with Crippen LogP contribution in [0.15, 0.2) is 23.0 Å². The van der Waals surface area contributed by atoms with Gasteiger partial charge in [-0.2, -0.15) is 18.3 Å². The Bertz CT molecular complexity index is 886. The van der Waals surface area contributed by atoms with Crippen molar-refractivity contribution in [3.63, 3.8) is 0 Å². The summed E-state index contributed by atoms with van der Waals surface area (Å²) in [5.74, 6) is 0.0279. The zero-order valence-electron chi connectivity index (χ0n) is 18.2. The summed E-state index contributed by atoms with van der Waals surface area (Å²) in [7, 11) is 0. The van der Waals surface area contributed by atoms with Gasteiger partial charge in [0.1, 0.15) is 0 Å². The van der Waals surface area contributed by atoms with Crippen molar-refractivity contribution in [3.8, 4) is 0 Å². The van der Waals surface area contributed by atoms with Crippen LogP contribution in [0.3, 0.4) is 0 Å². The van der Waals surface area contributed by atoms with E-state index in [0.29, 0.717) is 57.3 Å². The van der Waals surface area contributed by atoms with E-state index >= 15 is 0 Å². The zero-order chi connectivity index (χ0) is 22.6. The van der Waals surface area contributed by atoms with Crippen LogP contribution in [0.25, 0.3) is 0 Å². The van der Waals surface area contributed by atoms with Crippen LogP contribution >= 0.6 is 0 Å². The number of halogens is 3. The molecule has 4 rings (SSSR count). The van der Waals surface area contributed by atoms with Gasteiger partial charge in [-0.15, -0.1) is 0 Å². The van der Waals surface area contributed by atoms with Gasteiger partial charge in [-0.1, -0.05) is 0 Å². The lowest BCUT2D eigenvalue weighted by Gasteiger charge is -2.25. The Morgan fingerprint density at radius 3 is 2.78 bits per heavy atom. The third-order valence-corrected chi connectivity index (χ3v) is 6.29. The molecule has 6 nitrogen and oxygen atoms in total. The number of amides is 1. The van der Waals surface area contributed by atoms with Gasteiger partial charge >= 0.3 is 6.18 Å². The molecular formula is C23H30F3N3O3. The van der Waals surface area contributed by atoms with E-state index in [1.54, 1.807) is 17.4 Å². The van der Waals surface area contributed by atoms with E-state index in [1.165, 1.54) is 4.68 Å². The van der Waals surface area contributed by atoms with Crippen LogP contribution in [-0.4, -0.2) is 39.8 Å².